The second-order valence-electron chi connectivity index (χ2n) is 7.37. The third-order valence-corrected chi connectivity index (χ3v) is 4.65. The Morgan fingerprint density at radius 3 is 1.97 bits per heavy atom. The summed E-state index contributed by atoms with van der Waals surface area (Å²) in [5.74, 6) is -0.368. The zero-order valence-electron chi connectivity index (χ0n) is 18.9. The minimum atomic E-state index is -0.643. The number of rotatable bonds is 10. The number of anilines is 3. The Kier molecular flexibility index (Phi) is 9.04. The minimum Gasteiger partial charge on any atom is -0.494 e. The molecule has 0 spiro atoms. The Balaban J connectivity index is 1.41. The summed E-state index contributed by atoms with van der Waals surface area (Å²) in [4.78, 5) is 36.4. The van der Waals surface area contributed by atoms with E-state index in [1.54, 1.807) is 48.5 Å². The second-order valence-corrected chi connectivity index (χ2v) is 7.37. The van der Waals surface area contributed by atoms with Crippen molar-refractivity contribution in [2.45, 2.75) is 19.8 Å². The largest absolute Gasteiger partial charge is 0.494 e. The van der Waals surface area contributed by atoms with E-state index >= 15 is 0 Å². The topological polar surface area (TPSA) is 106 Å². The van der Waals surface area contributed by atoms with Gasteiger partial charge in [0.2, 0.25) is 0 Å². The highest BCUT2D eigenvalue weighted by Gasteiger charge is 2.11. The molecule has 0 aromatic heterocycles. The van der Waals surface area contributed by atoms with Gasteiger partial charge in [0.15, 0.2) is 6.61 Å². The highest BCUT2D eigenvalue weighted by molar-refractivity contribution is 6.00. The van der Waals surface area contributed by atoms with Crippen LogP contribution in [-0.4, -0.2) is 31.1 Å². The third-order valence-electron chi connectivity index (χ3n) is 4.65. The van der Waals surface area contributed by atoms with E-state index in [0.29, 0.717) is 23.7 Å². The summed E-state index contributed by atoms with van der Waals surface area (Å²) in [6.45, 7) is 2.32. The van der Waals surface area contributed by atoms with Crippen LogP contribution >= 0.6 is 0 Å². The predicted octanol–water partition coefficient (Wildman–Crippen LogP) is 5.31. The van der Waals surface area contributed by atoms with Gasteiger partial charge in [0.05, 0.1) is 12.2 Å². The van der Waals surface area contributed by atoms with Crippen molar-refractivity contribution in [2.75, 3.05) is 29.2 Å². The first kappa shape index (κ1) is 24.3. The van der Waals surface area contributed by atoms with Gasteiger partial charge >= 0.3 is 12.0 Å². The molecule has 8 nitrogen and oxygen atoms in total. The monoisotopic (exact) mass is 461 g/mol. The molecule has 0 bridgehead atoms. The molecule has 0 saturated carbocycles. The number of urea groups is 1. The zero-order chi connectivity index (χ0) is 24.2. The molecule has 0 fully saturated rings. The van der Waals surface area contributed by atoms with E-state index in [1.165, 1.54) is 12.1 Å². The van der Waals surface area contributed by atoms with Gasteiger partial charge in [-0.3, -0.25) is 4.79 Å². The normalized spacial score (nSPS) is 10.1. The van der Waals surface area contributed by atoms with Gasteiger partial charge in [-0.1, -0.05) is 31.5 Å². The fraction of sp³-hybridized carbons (Fsp3) is 0.192. The van der Waals surface area contributed by atoms with Gasteiger partial charge in [-0.25, -0.2) is 9.59 Å². The van der Waals surface area contributed by atoms with Crippen LogP contribution in [0.2, 0.25) is 0 Å². The van der Waals surface area contributed by atoms with E-state index in [0.717, 1.165) is 18.6 Å². The molecule has 3 aromatic carbocycles. The maximum absolute atomic E-state index is 12.2. The van der Waals surface area contributed by atoms with Crippen LogP contribution in [0.3, 0.4) is 0 Å². The van der Waals surface area contributed by atoms with Gasteiger partial charge in [-0.05, 0) is 67.1 Å². The molecule has 0 unspecified atom stereocenters. The van der Waals surface area contributed by atoms with Crippen LogP contribution in [0.4, 0.5) is 21.9 Å². The van der Waals surface area contributed by atoms with Gasteiger partial charge in [-0.15, -0.1) is 0 Å². The fourth-order valence-electron chi connectivity index (χ4n) is 2.88. The van der Waals surface area contributed by atoms with Crippen molar-refractivity contribution in [1.82, 2.24) is 0 Å². The number of amides is 3. The molecule has 0 heterocycles. The number of unbranched alkanes of at least 4 members (excludes halogenated alkanes) is 1. The molecule has 0 aliphatic carbocycles. The smallest absolute Gasteiger partial charge is 0.338 e. The van der Waals surface area contributed by atoms with Crippen LogP contribution in [0.1, 0.15) is 30.1 Å². The third kappa shape index (κ3) is 7.98. The summed E-state index contributed by atoms with van der Waals surface area (Å²) in [5, 5.41) is 8.05. The highest BCUT2D eigenvalue weighted by Crippen LogP contribution is 2.16. The molecule has 0 radical (unpaired) electrons. The number of carbonyl (C=O) groups is 3. The van der Waals surface area contributed by atoms with Crippen LogP contribution < -0.4 is 20.7 Å². The molecular formula is C26H27N3O5. The van der Waals surface area contributed by atoms with Gasteiger partial charge in [0.25, 0.3) is 5.91 Å². The quantitative estimate of drug-likeness (QED) is 0.280. The maximum Gasteiger partial charge on any atom is 0.338 e. The van der Waals surface area contributed by atoms with Crippen molar-refractivity contribution in [3.8, 4) is 5.75 Å². The first-order valence-electron chi connectivity index (χ1n) is 11.0. The molecule has 176 valence electrons. The van der Waals surface area contributed by atoms with Crippen molar-refractivity contribution in [3.05, 3.63) is 84.4 Å². The Labute approximate surface area is 198 Å². The number of ether oxygens (including phenoxy) is 2. The predicted molar refractivity (Wildman–Crippen MR) is 131 cm³/mol. The number of carbonyl (C=O) groups excluding carboxylic acids is 3. The molecule has 34 heavy (non-hydrogen) atoms. The summed E-state index contributed by atoms with van der Waals surface area (Å²) in [6.07, 6.45) is 2.03. The fourth-order valence-corrected chi connectivity index (χ4v) is 2.88. The lowest BCUT2D eigenvalue weighted by molar-refractivity contribution is -0.119. The Morgan fingerprint density at radius 2 is 1.32 bits per heavy atom. The highest BCUT2D eigenvalue weighted by atomic mass is 16.5. The lowest BCUT2D eigenvalue weighted by Gasteiger charge is -2.09. The molecule has 0 saturated heterocycles. The van der Waals surface area contributed by atoms with Crippen LogP contribution in [0.25, 0.3) is 0 Å². The second kappa shape index (κ2) is 12.6. The summed E-state index contributed by atoms with van der Waals surface area (Å²) in [7, 11) is 0. The number of para-hydroxylation sites is 1. The van der Waals surface area contributed by atoms with Gasteiger partial charge < -0.3 is 25.4 Å². The van der Waals surface area contributed by atoms with Crippen LogP contribution in [-0.2, 0) is 9.53 Å². The van der Waals surface area contributed by atoms with Crippen molar-refractivity contribution >= 4 is 35.0 Å². The first-order valence-corrected chi connectivity index (χ1v) is 11.0. The summed E-state index contributed by atoms with van der Waals surface area (Å²) >= 11 is 0. The lowest BCUT2D eigenvalue weighted by Crippen LogP contribution is -2.21. The molecule has 8 heteroatoms. The molecule has 0 aliphatic rings. The van der Waals surface area contributed by atoms with E-state index in [1.807, 2.05) is 18.2 Å². The van der Waals surface area contributed by atoms with Crippen molar-refractivity contribution in [2.24, 2.45) is 0 Å². The molecule has 3 amide bonds. The van der Waals surface area contributed by atoms with Gasteiger partial charge in [0.1, 0.15) is 5.75 Å². The molecular weight excluding hydrogens is 434 g/mol. The molecule has 3 rings (SSSR count). The van der Waals surface area contributed by atoms with Crippen molar-refractivity contribution < 1.29 is 23.9 Å². The standard InChI is InChI=1S/C26H27N3O5/c1-2-3-17-33-23-15-13-21(14-16-23)27-24(30)18-34-25(31)19-9-11-22(12-10-19)29-26(32)28-20-7-5-4-6-8-20/h4-16H,2-3,17-18H2,1H3,(H,27,30)(H2,28,29,32). The number of benzene rings is 3. The van der Waals surface area contributed by atoms with Crippen LogP contribution in [0, 0.1) is 0 Å². The van der Waals surface area contributed by atoms with Crippen LogP contribution in [0.5, 0.6) is 5.75 Å². The molecule has 3 N–H and O–H groups in total. The molecule has 0 atom stereocenters. The molecule has 3 aromatic rings. The lowest BCUT2D eigenvalue weighted by atomic mass is 10.2. The zero-order valence-corrected chi connectivity index (χ0v) is 18.9. The van der Waals surface area contributed by atoms with Gasteiger partial charge in [0, 0.05) is 17.1 Å². The van der Waals surface area contributed by atoms with E-state index in [4.69, 9.17) is 9.47 Å². The number of hydrogen-bond donors (Lipinski definition) is 3. The Bertz CT molecular complexity index is 1080. The number of esters is 1. The number of nitrogens with one attached hydrogen (secondary N) is 3. The maximum atomic E-state index is 12.2. The van der Waals surface area contributed by atoms with E-state index in [9.17, 15) is 14.4 Å². The average molecular weight is 462 g/mol. The van der Waals surface area contributed by atoms with Crippen LogP contribution in [0.15, 0.2) is 78.9 Å². The van der Waals surface area contributed by atoms with Gasteiger partial charge in [-0.2, -0.15) is 0 Å². The average Bonchev–Trinajstić information content (AvgIpc) is 2.85. The van der Waals surface area contributed by atoms with Crippen molar-refractivity contribution in [1.29, 1.82) is 0 Å². The SMILES string of the molecule is CCCCOc1ccc(NC(=O)COC(=O)c2ccc(NC(=O)Nc3ccccc3)cc2)cc1. The number of hydrogen-bond acceptors (Lipinski definition) is 5. The minimum absolute atomic E-state index is 0.260. The molecule has 0 aliphatic heterocycles. The van der Waals surface area contributed by atoms with E-state index < -0.39 is 24.5 Å². The summed E-state index contributed by atoms with van der Waals surface area (Å²) in [6, 6.07) is 21.8. The Morgan fingerprint density at radius 1 is 0.735 bits per heavy atom. The van der Waals surface area contributed by atoms with Crippen molar-refractivity contribution in [3.63, 3.8) is 0 Å². The van der Waals surface area contributed by atoms with E-state index in [2.05, 4.69) is 22.9 Å². The summed E-state index contributed by atoms with van der Waals surface area (Å²) in [5.41, 5.74) is 2.00. The summed E-state index contributed by atoms with van der Waals surface area (Å²) < 4.78 is 10.7. The van der Waals surface area contributed by atoms with E-state index in [-0.39, 0.29) is 5.56 Å². The Hall–Kier alpha value is -4.33. The first-order chi connectivity index (χ1) is 16.5.